The van der Waals surface area contributed by atoms with Crippen molar-refractivity contribution in [2.45, 2.75) is 82.2 Å². The Labute approximate surface area is 338 Å². The Hall–Kier alpha value is -4.72. The lowest BCUT2D eigenvalue weighted by Crippen LogP contribution is -2.48. The molecule has 1 N–H and O–H groups in total. The summed E-state index contributed by atoms with van der Waals surface area (Å²) < 4.78 is 34.3. The van der Waals surface area contributed by atoms with E-state index in [9.17, 15) is 10.4 Å². The van der Waals surface area contributed by atoms with Gasteiger partial charge in [-0.1, -0.05) is 66.7 Å². The number of hydrogen-bond donors (Lipinski definition) is 1. The number of hydrogen-bond acceptors (Lipinski definition) is 10. The summed E-state index contributed by atoms with van der Waals surface area (Å²) >= 11 is 0. The van der Waals surface area contributed by atoms with Gasteiger partial charge >= 0.3 is 0 Å². The van der Waals surface area contributed by atoms with Crippen molar-refractivity contribution in [1.82, 2.24) is 14.6 Å². The van der Waals surface area contributed by atoms with Crippen LogP contribution in [0.15, 0.2) is 122 Å². The lowest BCUT2D eigenvalue weighted by Gasteiger charge is -2.46. The highest BCUT2D eigenvalue weighted by Crippen LogP contribution is 2.61. The van der Waals surface area contributed by atoms with Gasteiger partial charge in [-0.3, -0.25) is 14.6 Å². The monoisotopic (exact) mass is 788 g/mol. The second kappa shape index (κ2) is 19.1. The summed E-state index contributed by atoms with van der Waals surface area (Å²) in [7, 11) is 1.57. The first-order valence-corrected chi connectivity index (χ1v) is 20.6. The van der Waals surface area contributed by atoms with Crippen molar-refractivity contribution >= 4 is 8.30 Å². The van der Waals surface area contributed by atoms with Crippen molar-refractivity contribution in [3.8, 4) is 29.0 Å². The van der Waals surface area contributed by atoms with Crippen LogP contribution >= 0.6 is 8.30 Å². The Morgan fingerprint density at radius 3 is 1.95 bits per heavy atom. The third kappa shape index (κ3) is 9.37. The number of nitriles is 1. The lowest BCUT2D eigenvalue weighted by molar-refractivity contribution is -0.0935. The van der Waals surface area contributed by atoms with Gasteiger partial charge in [0.2, 0.25) is 0 Å². The van der Waals surface area contributed by atoms with Crippen molar-refractivity contribution in [1.29, 1.82) is 5.26 Å². The third-order valence-electron chi connectivity index (χ3n) is 10.3. The molecule has 0 bridgehead atoms. The second-order valence-electron chi connectivity index (χ2n) is 14.7. The first-order valence-electron chi connectivity index (χ1n) is 19.4. The van der Waals surface area contributed by atoms with Crippen molar-refractivity contribution in [2.24, 2.45) is 0 Å². The van der Waals surface area contributed by atoms with Crippen molar-refractivity contribution in [3.05, 3.63) is 144 Å². The minimum absolute atomic E-state index is 0.0152. The molecule has 11 heteroatoms. The van der Waals surface area contributed by atoms with Crippen LogP contribution in [-0.4, -0.2) is 76.8 Å². The van der Waals surface area contributed by atoms with Gasteiger partial charge in [0.25, 0.3) is 0 Å². The highest BCUT2D eigenvalue weighted by atomic mass is 31.2. The summed E-state index contributed by atoms with van der Waals surface area (Å²) in [5, 5.41) is 21.3. The average molecular weight is 789 g/mol. The zero-order valence-corrected chi connectivity index (χ0v) is 34.5. The van der Waals surface area contributed by atoms with E-state index in [-0.39, 0.29) is 37.8 Å². The van der Waals surface area contributed by atoms with E-state index in [0.29, 0.717) is 12.8 Å². The minimum atomic E-state index is -1.72. The Kier molecular flexibility index (Phi) is 14.1. The number of rotatable bonds is 18. The zero-order valence-electron chi connectivity index (χ0n) is 33.6. The van der Waals surface area contributed by atoms with Gasteiger partial charge in [0.1, 0.15) is 31.5 Å². The molecule has 0 spiro atoms. The van der Waals surface area contributed by atoms with E-state index in [1.54, 1.807) is 20.4 Å². The molecule has 4 atom stereocenters. The highest BCUT2D eigenvalue weighted by Gasteiger charge is 2.57. The molecule has 1 unspecified atom stereocenters. The molecule has 0 aliphatic carbocycles. The quantitative estimate of drug-likeness (QED) is 0.0524. The van der Waals surface area contributed by atoms with Crippen molar-refractivity contribution in [3.63, 3.8) is 0 Å². The largest absolute Gasteiger partial charge is 0.497 e. The van der Waals surface area contributed by atoms with Crippen molar-refractivity contribution < 1.29 is 28.6 Å². The number of aliphatic hydroxyl groups is 1. The molecular formula is C46H53N4O6P. The number of nitrogens with zero attached hydrogens (tertiary/aromatic N) is 4. The smallest absolute Gasteiger partial charge is 0.153 e. The van der Waals surface area contributed by atoms with E-state index in [1.807, 2.05) is 103 Å². The van der Waals surface area contributed by atoms with Gasteiger partial charge in [-0.15, -0.1) is 0 Å². The molecule has 0 saturated carbocycles. The van der Waals surface area contributed by atoms with E-state index in [2.05, 4.69) is 55.6 Å². The summed E-state index contributed by atoms with van der Waals surface area (Å²) in [6, 6.07) is 37.9. The van der Waals surface area contributed by atoms with Gasteiger partial charge in [0.15, 0.2) is 5.34 Å². The molecule has 1 aliphatic rings. The first kappa shape index (κ1) is 41.9. The molecule has 3 heterocycles. The molecule has 3 aromatic carbocycles. The van der Waals surface area contributed by atoms with Crippen LogP contribution in [0.5, 0.6) is 11.5 Å². The van der Waals surface area contributed by atoms with Gasteiger partial charge < -0.3 is 28.6 Å². The summed E-state index contributed by atoms with van der Waals surface area (Å²) in [4.78, 5) is 9.16. The van der Waals surface area contributed by atoms with E-state index in [0.717, 1.165) is 45.1 Å². The highest BCUT2D eigenvalue weighted by molar-refractivity contribution is 7.51. The molecule has 6 rings (SSSR count). The molecular weight excluding hydrogens is 736 g/mol. The van der Waals surface area contributed by atoms with Crippen LogP contribution in [0.4, 0.5) is 0 Å². The van der Waals surface area contributed by atoms with Gasteiger partial charge in [-0.25, -0.2) is 0 Å². The molecule has 2 aromatic heterocycles. The minimum Gasteiger partial charge on any atom is -0.497 e. The van der Waals surface area contributed by atoms with Gasteiger partial charge in [-0.05, 0) is 92.4 Å². The van der Waals surface area contributed by atoms with E-state index >= 15 is 0 Å². The Morgan fingerprint density at radius 2 is 1.42 bits per heavy atom. The summed E-state index contributed by atoms with van der Waals surface area (Å²) in [6.07, 6.45) is 3.42. The van der Waals surface area contributed by atoms with Crippen molar-refractivity contribution in [2.75, 3.05) is 27.4 Å². The molecule has 5 aromatic rings. The molecule has 1 fully saturated rings. The van der Waals surface area contributed by atoms with Crippen LogP contribution in [0.25, 0.3) is 11.4 Å². The van der Waals surface area contributed by atoms with E-state index < -0.39 is 25.3 Å². The molecule has 0 radical (unpaired) electrons. The summed E-state index contributed by atoms with van der Waals surface area (Å²) in [5.74, 6) is 1.44. The number of aromatic nitrogens is 2. The van der Waals surface area contributed by atoms with Crippen LogP contribution in [0.1, 0.15) is 62.8 Å². The van der Waals surface area contributed by atoms with Gasteiger partial charge in [-0.2, -0.15) is 5.26 Å². The fourth-order valence-corrected chi connectivity index (χ4v) is 10.3. The number of methoxy groups -OCH3 is 2. The normalized spacial score (nSPS) is 18.8. The fourth-order valence-electron chi connectivity index (χ4n) is 7.67. The molecule has 298 valence electrons. The number of pyridine rings is 2. The van der Waals surface area contributed by atoms with Crippen LogP contribution < -0.4 is 9.47 Å². The molecule has 1 saturated heterocycles. The lowest BCUT2D eigenvalue weighted by atomic mass is 9.80. The predicted octanol–water partition coefficient (Wildman–Crippen LogP) is 8.92. The first-order chi connectivity index (χ1) is 27.6. The Balaban J connectivity index is 1.43. The van der Waals surface area contributed by atoms with Gasteiger partial charge in [0, 0.05) is 37.3 Å². The Bertz CT molecular complexity index is 1970. The Morgan fingerprint density at radius 1 is 0.825 bits per heavy atom. The maximum Gasteiger partial charge on any atom is 0.153 e. The molecule has 10 nitrogen and oxygen atoms in total. The fraction of sp³-hybridized carbons (Fsp3) is 0.370. The SMILES string of the molecule is COc1ccc(C(OC[C@H]2O[C@@H](Cc3ccc(-c4ccccn4)nc3)C[C@@]2(O)P(OCCC#N)N(C(C)C)C(C)C)(c2ccccc2)c2ccc(OC)cc2)cc1. The standard InChI is InChI=1S/C46H53N4O6P/c1-33(2)50(34(3)4)57(55-28-12-26-47)45(51)30-41(29-35-16-25-43(49-31-35)42-15-10-11-27-48-42)56-44(45)32-54-46(36-13-8-7-9-14-36,37-17-21-39(52-5)22-18-37)38-19-23-40(53-6)24-20-38/h7-11,13-25,27,31,33-34,41,44,51H,12,28-30,32H2,1-6H3/t41-,44+,45+,57?/m0/s1. The summed E-state index contributed by atoms with van der Waals surface area (Å²) in [6.45, 7) is 8.62. The molecule has 57 heavy (non-hydrogen) atoms. The van der Waals surface area contributed by atoms with Crippen LogP contribution in [0, 0.1) is 11.3 Å². The van der Waals surface area contributed by atoms with Crippen LogP contribution in [0.3, 0.4) is 0 Å². The topological polar surface area (TPSA) is 119 Å². The number of ether oxygens (including phenoxy) is 4. The zero-order chi connectivity index (χ0) is 40.4. The van der Waals surface area contributed by atoms with E-state index in [4.69, 9.17) is 28.5 Å². The van der Waals surface area contributed by atoms with Crippen LogP contribution in [0.2, 0.25) is 0 Å². The predicted molar refractivity (Wildman–Crippen MR) is 223 cm³/mol. The number of benzene rings is 3. The maximum absolute atomic E-state index is 13.3. The van der Waals surface area contributed by atoms with E-state index in [1.165, 1.54) is 0 Å². The maximum atomic E-state index is 13.3. The molecule has 0 amide bonds. The van der Waals surface area contributed by atoms with Gasteiger partial charge in [0.05, 0.1) is 57.4 Å². The average Bonchev–Trinajstić information content (AvgIpc) is 3.56. The van der Waals surface area contributed by atoms with Crippen LogP contribution in [-0.2, 0) is 26.0 Å². The second-order valence-corrected chi connectivity index (χ2v) is 16.7. The third-order valence-corrected chi connectivity index (χ3v) is 13.2. The summed E-state index contributed by atoms with van der Waals surface area (Å²) in [5.41, 5.74) is 4.06. The molecule has 1 aliphatic heterocycles.